The van der Waals surface area contributed by atoms with Crippen molar-refractivity contribution in [2.75, 3.05) is 0 Å². The third kappa shape index (κ3) is 3.08. The molecule has 0 unspecified atom stereocenters. The van der Waals surface area contributed by atoms with E-state index in [1.165, 1.54) is 48.5 Å². The Morgan fingerprint density at radius 1 is 0.531 bits per heavy atom. The van der Waals surface area contributed by atoms with Gasteiger partial charge in [-0.25, -0.2) is 27.1 Å². The number of fused-ring (bicyclic) bond motifs is 4. The molecule has 12 heteroatoms. The first-order valence-electron chi connectivity index (χ1n) is 9.09. The van der Waals surface area contributed by atoms with E-state index in [1.54, 1.807) is 0 Å². The number of pyridine rings is 2. The largest absolute Gasteiger partial charge is 0.354 e. The van der Waals surface area contributed by atoms with Gasteiger partial charge in [0, 0.05) is 32.6 Å². The summed E-state index contributed by atoms with van der Waals surface area (Å²) in [6.07, 6.45) is 0. The molecule has 0 amide bonds. The van der Waals surface area contributed by atoms with Gasteiger partial charge in [0.2, 0.25) is 20.0 Å². The van der Waals surface area contributed by atoms with Crippen molar-refractivity contribution in [3.63, 3.8) is 0 Å². The summed E-state index contributed by atoms with van der Waals surface area (Å²) in [7, 11) is -7.99. The van der Waals surface area contributed by atoms with E-state index in [2.05, 4.69) is 9.97 Å². The fourth-order valence-electron chi connectivity index (χ4n) is 3.76. The van der Waals surface area contributed by atoms with Crippen molar-refractivity contribution < 1.29 is 16.8 Å². The van der Waals surface area contributed by atoms with Gasteiger partial charge in [0.15, 0.2) is 10.9 Å². The smallest absolute Gasteiger partial charge is 0.238 e. The molecule has 0 fully saturated rings. The average molecular weight is 470 g/mol. The van der Waals surface area contributed by atoms with Crippen LogP contribution < -0.4 is 21.1 Å². The number of benzene rings is 3. The van der Waals surface area contributed by atoms with E-state index in [9.17, 15) is 26.4 Å². The molecule has 3 aromatic carbocycles. The molecular formula is C20H14N4O6S2. The minimum Gasteiger partial charge on any atom is -0.354 e. The molecule has 0 saturated carbocycles. The van der Waals surface area contributed by atoms with Crippen molar-refractivity contribution in [1.29, 1.82) is 0 Å². The molecule has 162 valence electrons. The summed E-state index contributed by atoms with van der Waals surface area (Å²) in [5.74, 6) is 0. The van der Waals surface area contributed by atoms with Crippen LogP contribution in [-0.2, 0) is 20.0 Å². The van der Waals surface area contributed by atoms with Gasteiger partial charge in [-0.3, -0.25) is 9.59 Å². The number of H-pyrrole nitrogens is 2. The second-order valence-electron chi connectivity index (χ2n) is 7.36. The highest BCUT2D eigenvalue weighted by molar-refractivity contribution is 7.89. The topological polar surface area (TPSA) is 186 Å². The van der Waals surface area contributed by atoms with Crippen molar-refractivity contribution in [1.82, 2.24) is 9.97 Å². The highest BCUT2D eigenvalue weighted by Crippen LogP contribution is 2.23. The summed E-state index contributed by atoms with van der Waals surface area (Å²) < 4.78 is 46.6. The van der Waals surface area contributed by atoms with Crippen LogP contribution in [0.25, 0.3) is 43.6 Å². The summed E-state index contributed by atoms with van der Waals surface area (Å²) in [6, 6.07) is 10.8. The number of aromatic nitrogens is 2. The van der Waals surface area contributed by atoms with Crippen LogP contribution in [0.1, 0.15) is 0 Å². The molecule has 0 bridgehead atoms. The lowest BCUT2D eigenvalue weighted by Crippen LogP contribution is -2.14. The van der Waals surface area contributed by atoms with Gasteiger partial charge < -0.3 is 9.97 Å². The Bertz CT molecular complexity index is 1830. The maximum Gasteiger partial charge on any atom is 0.238 e. The van der Waals surface area contributed by atoms with E-state index in [1.807, 2.05) is 0 Å². The zero-order chi connectivity index (χ0) is 23.0. The first-order chi connectivity index (χ1) is 14.9. The van der Waals surface area contributed by atoms with E-state index < -0.39 is 30.9 Å². The number of hydrogen-bond donors (Lipinski definition) is 4. The maximum absolute atomic E-state index is 13.1. The second-order valence-corrected chi connectivity index (χ2v) is 10.5. The molecule has 0 aliphatic rings. The van der Waals surface area contributed by atoms with E-state index in [4.69, 9.17) is 10.3 Å². The fourth-order valence-corrected chi connectivity index (χ4v) is 4.84. The Morgan fingerprint density at radius 2 is 0.875 bits per heavy atom. The molecular weight excluding hydrogens is 456 g/mol. The van der Waals surface area contributed by atoms with Gasteiger partial charge in [0.25, 0.3) is 0 Å². The van der Waals surface area contributed by atoms with Crippen molar-refractivity contribution in [3.05, 3.63) is 69.0 Å². The van der Waals surface area contributed by atoms with Crippen LogP contribution in [0.5, 0.6) is 0 Å². The Labute approximate surface area is 179 Å². The van der Waals surface area contributed by atoms with Gasteiger partial charge in [0.1, 0.15) is 0 Å². The van der Waals surface area contributed by atoms with E-state index >= 15 is 0 Å². The Kier molecular flexibility index (Phi) is 4.11. The summed E-state index contributed by atoms with van der Waals surface area (Å²) in [4.78, 5) is 31.8. The monoisotopic (exact) mass is 470 g/mol. The molecule has 32 heavy (non-hydrogen) atoms. The fraction of sp³-hybridized carbons (Fsp3) is 0. The van der Waals surface area contributed by atoms with Crippen LogP contribution in [-0.4, -0.2) is 26.8 Å². The third-order valence-corrected chi connectivity index (χ3v) is 7.14. The quantitative estimate of drug-likeness (QED) is 0.278. The van der Waals surface area contributed by atoms with Crippen molar-refractivity contribution in [2.45, 2.75) is 9.79 Å². The average Bonchev–Trinajstić information content (AvgIpc) is 2.71. The second kappa shape index (κ2) is 6.46. The lowest BCUT2D eigenvalue weighted by atomic mass is 10.1. The molecule has 0 aliphatic carbocycles. The van der Waals surface area contributed by atoms with Crippen LogP contribution in [0.4, 0.5) is 0 Å². The number of sulfonamides is 2. The zero-order valence-electron chi connectivity index (χ0n) is 16.0. The molecule has 2 aromatic heterocycles. The molecule has 0 atom stereocenters. The number of aromatic amines is 2. The van der Waals surface area contributed by atoms with Crippen LogP contribution >= 0.6 is 0 Å². The molecule has 6 N–H and O–H groups in total. The Morgan fingerprint density at radius 3 is 1.22 bits per heavy atom. The zero-order valence-corrected chi connectivity index (χ0v) is 17.7. The van der Waals surface area contributed by atoms with Crippen LogP contribution in [0.3, 0.4) is 0 Å². The normalized spacial score (nSPS) is 12.8. The number of nitrogens with one attached hydrogen (secondary N) is 2. The highest BCUT2D eigenvalue weighted by Gasteiger charge is 2.15. The van der Waals surface area contributed by atoms with Gasteiger partial charge in [0.05, 0.1) is 20.8 Å². The summed E-state index contributed by atoms with van der Waals surface area (Å²) in [5, 5.41) is 11.0. The number of nitrogens with two attached hydrogens (primary N) is 2. The SMILES string of the molecule is NS(=O)(=O)c1ccc2[nH]c3cc4c(=O)c5cc(S(N)(=O)=O)ccc5[nH]c4cc3c(=O)c2c1. The van der Waals surface area contributed by atoms with Gasteiger partial charge in [-0.1, -0.05) is 0 Å². The molecule has 2 heterocycles. The lowest BCUT2D eigenvalue weighted by molar-refractivity contribution is 0.596. The minimum atomic E-state index is -4.00. The van der Waals surface area contributed by atoms with Crippen molar-refractivity contribution in [2.24, 2.45) is 10.3 Å². The standard InChI is InChI=1S/C20H14N4O6S2/c21-31(27,28)9-1-3-15-11(5-9)19(25)13-8-18-14(7-17(13)23-15)20(26)12-6-10(32(22,29)30)2-4-16(12)24-18/h1-8H,(H,23,25)(H,24,26)(H2,21,27,28)(H2,22,29,30). The summed E-state index contributed by atoms with van der Waals surface area (Å²) in [6.45, 7) is 0. The number of rotatable bonds is 2. The van der Waals surface area contributed by atoms with E-state index in [-0.39, 0.29) is 31.3 Å². The number of primary sulfonamides is 2. The predicted molar refractivity (Wildman–Crippen MR) is 120 cm³/mol. The summed E-state index contributed by atoms with van der Waals surface area (Å²) in [5.41, 5.74) is 0.556. The van der Waals surface area contributed by atoms with Crippen LogP contribution in [0, 0.1) is 0 Å². The van der Waals surface area contributed by atoms with Gasteiger partial charge >= 0.3 is 0 Å². The Hall–Kier alpha value is -3.58. The molecule has 0 spiro atoms. The van der Waals surface area contributed by atoms with Crippen LogP contribution in [0.15, 0.2) is 67.9 Å². The Balaban J connectivity index is 1.89. The molecule has 10 nitrogen and oxygen atoms in total. The van der Waals surface area contributed by atoms with Crippen molar-refractivity contribution in [3.8, 4) is 0 Å². The van der Waals surface area contributed by atoms with Gasteiger partial charge in [-0.2, -0.15) is 0 Å². The van der Waals surface area contributed by atoms with Crippen molar-refractivity contribution >= 4 is 63.7 Å². The molecule has 5 rings (SSSR count). The molecule has 0 saturated heterocycles. The molecule has 5 aromatic rings. The van der Waals surface area contributed by atoms with Gasteiger partial charge in [-0.15, -0.1) is 0 Å². The number of hydrogen-bond acceptors (Lipinski definition) is 6. The predicted octanol–water partition coefficient (Wildman–Crippen LogP) is 0.971. The minimum absolute atomic E-state index is 0.129. The first-order valence-corrected chi connectivity index (χ1v) is 12.2. The maximum atomic E-state index is 13.1. The molecule has 0 radical (unpaired) electrons. The highest BCUT2D eigenvalue weighted by atomic mass is 32.2. The summed E-state index contributed by atoms with van der Waals surface area (Å²) >= 11 is 0. The van der Waals surface area contributed by atoms with E-state index in [0.717, 1.165) is 0 Å². The van der Waals surface area contributed by atoms with Crippen LogP contribution in [0.2, 0.25) is 0 Å². The molecule has 0 aliphatic heterocycles. The third-order valence-electron chi connectivity index (χ3n) is 5.31. The first kappa shape index (κ1) is 20.3. The lowest BCUT2D eigenvalue weighted by Gasteiger charge is -2.08. The van der Waals surface area contributed by atoms with E-state index in [0.29, 0.717) is 22.1 Å². The van der Waals surface area contributed by atoms with Gasteiger partial charge in [-0.05, 0) is 48.5 Å².